The van der Waals surface area contributed by atoms with Crippen molar-refractivity contribution < 1.29 is 19.5 Å². The van der Waals surface area contributed by atoms with Crippen molar-refractivity contribution >= 4 is 17.9 Å². The van der Waals surface area contributed by atoms with Crippen molar-refractivity contribution in [2.45, 2.75) is 40.0 Å². The van der Waals surface area contributed by atoms with Gasteiger partial charge in [0, 0.05) is 19.5 Å². The quantitative estimate of drug-likeness (QED) is 0.482. The lowest BCUT2D eigenvalue weighted by Crippen LogP contribution is -2.42. The molecule has 7 nitrogen and oxygen atoms in total. The summed E-state index contributed by atoms with van der Waals surface area (Å²) >= 11 is 0. The first-order chi connectivity index (χ1) is 9.86. The molecule has 21 heavy (non-hydrogen) atoms. The molecule has 1 unspecified atom stereocenters. The van der Waals surface area contributed by atoms with Crippen LogP contribution in [0.4, 0.5) is 4.79 Å². The Bertz CT molecular complexity index is 345. The summed E-state index contributed by atoms with van der Waals surface area (Å²) in [6.07, 6.45) is 1.47. The van der Waals surface area contributed by atoms with E-state index in [-0.39, 0.29) is 30.8 Å². The summed E-state index contributed by atoms with van der Waals surface area (Å²) in [7, 11) is 0. The van der Waals surface area contributed by atoms with Gasteiger partial charge in [-0.1, -0.05) is 13.8 Å². The van der Waals surface area contributed by atoms with Gasteiger partial charge in [0.25, 0.3) is 0 Å². The number of rotatable bonds is 10. The third-order valence-corrected chi connectivity index (χ3v) is 3.26. The second kappa shape index (κ2) is 10.9. The molecule has 0 aromatic heterocycles. The van der Waals surface area contributed by atoms with Crippen LogP contribution in [0.15, 0.2) is 0 Å². The number of nitrogens with one attached hydrogen (secondary N) is 3. The molecule has 0 radical (unpaired) electrons. The van der Waals surface area contributed by atoms with Gasteiger partial charge in [-0.15, -0.1) is 0 Å². The number of hydrogen-bond acceptors (Lipinski definition) is 3. The van der Waals surface area contributed by atoms with Gasteiger partial charge in [0.15, 0.2) is 0 Å². The zero-order valence-corrected chi connectivity index (χ0v) is 13.1. The fourth-order valence-corrected chi connectivity index (χ4v) is 1.97. The molecule has 0 saturated carbocycles. The maximum Gasteiger partial charge on any atom is 0.315 e. The molecule has 7 heteroatoms. The molecule has 0 bridgehead atoms. The van der Waals surface area contributed by atoms with Crippen molar-refractivity contribution in [3.63, 3.8) is 0 Å². The molecule has 3 amide bonds. The van der Waals surface area contributed by atoms with Crippen molar-refractivity contribution in [2.24, 2.45) is 11.8 Å². The van der Waals surface area contributed by atoms with Gasteiger partial charge in [-0.3, -0.25) is 9.59 Å². The maximum atomic E-state index is 11.5. The van der Waals surface area contributed by atoms with E-state index < -0.39 is 5.97 Å². The van der Waals surface area contributed by atoms with E-state index in [1.807, 2.05) is 13.8 Å². The van der Waals surface area contributed by atoms with Crippen LogP contribution in [0.25, 0.3) is 0 Å². The lowest BCUT2D eigenvalue weighted by atomic mass is 9.88. The summed E-state index contributed by atoms with van der Waals surface area (Å²) in [4.78, 5) is 33.2. The first-order valence-corrected chi connectivity index (χ1v) is 7.37. The monoisotopic (exact) mass is 301 g/mol. The third kappa shape index (κ3) is 10.6. The van der Waals surface area contributed by atoms with Gasteiger partial charge in [-0.25, -0.2) is 4.79 Å². The highest BCUT2D eigenvalue weighted by atomic mass is 16.4. The Morgan fingerprint density at radius 3 is 2.24 bits per heavy atom. The molecule has 0 aliphatic heterocycles. The largest absolute Gasteiger partial charge is 0.481 e. The highest BCUT2D eigenvalue weighted by Crippen LogP contribution is 2.20. The van der Waals surface area contributed by atoms with Gasteiger partial charge in [0.05, 0.1) is 6.54 Å². The number of amides is 3. The minimum atomic E-state index is -0.798. The van der Waals surface area contributed by atoms with Crippen molar-refractivity contribution in [1.29, 1.82) is 0 Å². The Hall–Kier alpha value is -1.79. The fraction of sp³-hybridized carbons (Fsp3) is 0.786. The molecule has 0 saturated heterocycles. The predicted molar refractivity (Wildman–Crippen MR) is 79.9 cm³/mol. The van der Waals surface area contributed by atoms with Gasteiger partial charge in [-0.05, 0) is 31.6 Å². The van der Waals surface area contributed by atoms with E-state index in [1.54, 1.807) is 6.92 Å². The number of carbonyl (C=O) groups is 3. The van der Waals surface area contributed by atoms with E-state index in [2.05, 4.69) is 16.0 Å². The molecule has 0 aromatic carbocycles. The first kappa shape index (κ1) is 19.2. The summed E-state index contributed by atoms with van der Waals surface area (Å²) in [6, 6.07) is -0.387. The van der Waals surface area contributed by atoms with Gasteiger partial charge >= 0.3 is 12.0 Å². The van der Waals surface area contributed by atoms with E-state index >= 15 is 0 Å². The van der Waals surface area contributed by atoms with E-state index in [0.717, 1.165) is 6.42 Å². The number of carboxylic acid groups (broad SMARTS) is 1. The maximum absolute atomic E-state index is 11.5. The Morgan fingerprint density at radius 1 is 1.05 bits per heavy atom. The average Bonchev–Trinajstić information content (AvgIpc) is 2.40. The van der Waals surface area contributed by atoms with Gasteiger partial charge in [0.2, 0.25) is 5.91 Å². The highest BCUT2D eigenvalue weighted by Gasteiger charge is 2.15. The van der Waals surface area contributed by atoms with Crippen molar-refractivity contribution in [3.05, 3.63) is 0 Å². The molecule has 0 aliphatic carbocycles. The van der Waals surface area contributed by atoms with Gasteiger partial charge in [-0.2, -0.15) is 0 Å². The van der Waals surface area contributed by atoms with E-state index in [0.29, 0.717) is 25.4 Å². The molecule has 0 fully saturated rings. The summed E-state index contributed by atoms with van der Waals surface area (Å²) < 4.78 is 0. The number of likely N-dealkylation sites (N-methyl/N-ethyl adjacent to an activating group) is 1. The van der Waals surface area contributed by atoms with Crippen LogP contribution in [0, 0.1) is 11.8 Å². The van der Waals surface area contributed by atoms with Crippen molar-refractivity contribution in [3.8, 4) is 0 Å². The summed E-state index contributed by atoms with van der Waals surface area (Å²) in [5, 5.41) is 16.4. The SMILES string of the molecule is CCNC(=O)CNC(=O)NCCC(CCC(=O)O)C(C)C. The van der Waals surface area contributed by atoms with Crippen LogP contribution in [0.3, 0.4) is 0 Å². The van der Waals surface area contributed by atoms with Crippen LogP contribution in [-0.4, -0.2) is 42.6 Å². The number of hydrogen-bond donors (Lipinski definition) is 4. The molecule has 0 aliphatic rings. The van der Waals surface area contributed by atoms with E-state index in [9.17, 15) is 14.4 Å². The first-order valence-electron chi connectivity index (χ1n) is 7.37. The zero-order chi connectivity index (χ0) is 16.3. The smallest absolute Gasteiger partial charge is 0.315 e. The normalized spacial score (nSPS) is 11.8. The van der Waals surface area contributed by atoms with Crippen LogP contribution in [-0.2, 0) is 9.59 Å². The highest BCUT2D eigenvalue weighted by molar-refractivity contribution is 5.83. The van der Waals surface area contributed by atoms with Crippen LogP contribution < -0.4 is 16.0 Å². The standard InChI is InChI=1S/C14H27N3O4/c1-4-15-12(18)9-17-14(21)16-8-7-11(10(2)3)5-6-13(19)20/h10-11H,4-9H2,1-3H3,(H,15,18)(H,19,20)(H2,16,17,21). The Balaban J connectivity index is 3.89. The predicted octanol–water partition coefficient (Wildman–Crippen LogP) is 0.949. The molecular weight excluding hydrogens is 274 g/mol. The number of aliphatic carboxylic acids is 1. The molecule has 0 aromatic rings. The average molecular weight is 301 g/mol. The summed E-state index contributed by atoms with van der Waals surface area (Å²) in [6.45, 7) is 6.84. The number of carboxylic acids is 1. The van der Waals surface area contributed by atoms with Gasteiger partial charge in [0.1, 0.15) is 0 Å². The second-order valence-electron chi connectivity index (χ2n) is 5.29. The summed E-state index contributed by atoms with van der Waals surface area (Å²) in [5.41, 5.74) is 0. The lowest BCUT2D eigenvalue weighted by molar-refractivity contribution is -0.137. The lowest BCUT2D eigenvalue weighted by Gasteiger charge is -2.20. The molecule has 0 spiro atoms. The van der Waals surface area contributed by atoms with E-state index in [1.165, 1.54) is 0 Å². The number of carbonyl (C=O) groups excluding carboxylic acids is 2. The molecule has 122 valence electrons. The fourth-order valence-electron chi connectivity index (χ4n) is 1.97. The van der Waals surface area contributed by atoms with Crippen LogP contribution in [0.5, 0.6) is 0 Å². The van der Waals surface area contributed by atoms with Crippen molar-refractivity contribution in [2.75, 3.05) is 19.6 Å². The van der Waals surface area contributed by atoms with Crippen LogP contribution >= 0.6 is 0 Å². The molecule has 4 N–H and O–H groups in total. The minimum absolute atomic E-state index is 0.0493. The molecular formula is C14H27N3O4. The Morgan fingerprint density at radius 2 is 1.71 bits per heavy atom. The Labute approximate surface area is 125 Å². The zero-order valence-electron chi connectivity index (χ0n) is 13.1. The summed E-state index contributed by atoms with van der Waals surface area (Å²) in [5.74, 6) is -0.406. The number of urea groups is 1. The van der Waals surface area contributed by atoms with E-state index in [4.69, 9.17) is 5.11 Å². The molecule has 1 atom stereocenters. The van der Waals surface area contributed by atoms with Crippen molar-refractivity contribution in [1.82, 2.24) is 16.0 Å². The third-order valence-electron chi connectivity index (χ3n) is 3.26. The topological polar surface area (TPSA) is 108 Å². The minimum Gasteiger partial charge on any atom is -0.481 e. The molecule has 0 heterocycles. The molecule has 0 rings (SSSR count). The second-order valence-corrected chi connectivity index (χ2v) is 5.29. The van der Waals surface area contributed by atoms with Crippen LogP contribution in [0.1, 0.15) is 40.0 Å². The van der Waals surface area contributed by atoms with Gasteiger partial charge < -0.3 is 21.1 Å². The van der Waals surface area contributed by atoms with Crippen LogP contribution in [0.2, 0.25) is 0 Å². The Kier molecular flexibility index (Phi) is 10.0.